The standard InChI is InChI=1S/C25H30INO6S/c1-16(2)22-12-7-17(3)13-23(22)33-24(28)15-32-25(29)18-5-4-6-21(14-18)34(30,31)27-20-10-8-19(26)9-11-20/h4-6,8-11,14,16-17,22-23,27H,7,12-13,15H2,1-3H3. The van der Waals surface area contributed by atoms with Crippen molar-refractivity contribution in [3.8, 4) is 0 Å². The fraction of sp³-hybridized carbons (Fsp3) is 0.440. The Labute approximate surface area is 214 Å². The Hall–Kier alpha value is -2.14. The number of ether oxygens (including phenoxy) is 2. The monoisotopic (exact) mass is 599 g/mol. The molecular formula is C25H30INO6S. The number of carbonyl (C=O) groups is 2. The van der Waals surface area contributed by atoms with Gasteiger partial charge >= 0.3 is 11.9 Å². The number of carbonyl (C=O) groups excluding carboxylic acids is 2. The van der Waals surface area contributed by atoms with Crippen LogP contribution in [0.25, 0.3) is 0 Å². The largest absolute Gasteiger partial charge is 0.460 e. The molecule has 1 aliphatic rings. The fourth-order valence-corrected chi connectivity index (χ4v) is 5.65. The number of esters is 2. The van der Waals surface area contributed by atoms with Gasteiger partial charge in [0.15, 0.2) is 6.61 Å². The van der Waals surface area contributed by atoms with Crippen LogP contribution in [0.2, 0.25) is 0 Å². The average molecular weight is 599 g/mol. The zero-order valence-electron chi connectivity index (χ0n) is 19.5. The quantitative estimate of drug-likeness (QED) is 0.329. The van der Waals surface area contributed by atoms with Gasteiger partial charge in [-0.05, 0) is 95.7 Å². The molecule has 9 heteroatoms. The fourth-order valence-electron chi connectivity index (χ4n) is 4.18. The smallest absolute Gasteiger partial charge is 0.344 e. The predicted octanol–water partition coefficient (Wildman–Crippen LogP) is 5.25. The second kappa shape index (κ2) is 11.5. The molecule has 0 aliphatic heterocycles. The molecule has 34 heavy (non-hydrogen) atoms. The Morgan fingerprint density at radius 2 is 1.82 bits per heavy atom. The zero-order chi connectivity index (χ0) is 24.9. The van der Waals surface area contributed by atoms with E-state index in [1.54, 1.807) is 24.3 Å². The number of benzene rings is 2. The Morgan fingerprint density at radius 3 is 2.50 bits per heavy atom. The molecule has 3 rings (SSSR count). The van der Waals surface area contributed by atoms with Gasteiger partial charge in [0.2, 0.25) is 0 Å². The van der Waals surface area contributed by atoms with E-state index in [0.29, 0.717) is 23.4 Å². The van der Waals surface area contributed by atoms with Crippen LogP contribution < -0.4 is 4.72 Å². The van der Waals surface area contributed by atoms with Crippen molar-refractivity contribution in [3.05, 3.63) is 57.7 Å². The summed E-state index contributed by atoms with van der Waals surface area (Å²) >= 11 is 2.13. The van der Waals surface area contributed by atoms with Crippen LogP contribution in [-0.4, -0.2) is 33.1 Å². The van der Waals surface area contributed by atoms with Crippen molar-refractivity contribution in [1.29, 1.82) is 0 Å². The molecule has 3 unspecified atom stereocenters. The van der Waals surface area contributed by atoms with E-state index in [0.717, 1.165) is 22.8 Å². The second-order valence-electron chi connectivity index (χ2n) is 9.07. The maximum atomic E-state index is 12.7. The summed E-state index contributed by atoms with van der Waals surface area (Å²) in [6, 6.07) is 12.4. The van der Waals surface area contributed by atoms with Crippen molar-refractivity contribution in [3.63, 3.8) is 0 Å². The minimum absolute atomic E-state index is 0.0321. The lowest BCUT2D eigenvalue weighted by Crippen LogP contribution is -2.36. The van der Waals surface area contributed by atoms with E-state index in [1.165, 1.54) is 24.3 Å². The highest BCUT2D eigenvalue weighted by atomic mass is 127. The summed E-state index contributed by atoms with van der Waals surface area (Å²) in [6.45, 7) is 5.87. The van der Waals surface area contributed by atoms with Gasteiger partial charge in [-0.1, -0.05) is 33.3 Å². The average Bonchev–Trinajstić information content (AvgIpc) is 2.79. The minimum atomic E-state index is -3.90. The van der Waals surface area contributed by atoms with Crippen molar-refractivity contribution >= 4 is 50.2 Å². The first-order chi connectivity index (χ1) is 16.0. The van der Waals surface area contributed by atoms with E-state index in [1.807, 2.05) is 0 Å². The molecule has 0 amide bonds. The van der Waals surface area contributed by atoms with Crippen LogP contribution >= 0.6 is 22.6 Å². The number of rotatable bonds is 8. The SMILES string of the molecule is CC1CCC(C(C)C)C(OC(=O)COC(=O)c2cccc(S(=O)(=O)Nc3ccc(I)cc3)c2)C1. The number of halogens is 1. The number of hydrogen-bond acceptors (Lipinski definition) is 6. The molecule has 1 fully saturated rings. The van der Waals surface area contributed by atoms with Crippen LogP contribution in [0.3, 0.4) is 0 Å². The van der Waals surface area contributed by atoms with E-state index >= 15 is 0 Å². The number of hydrogen-bond donors (Lipinski definition) is 1. The third-order valence-electron chi connectivity index (χ3n) is 6.04. The molecular weight excluding hydrogens is 569 g/mol. The van der Waals surface area contributed by atoms with Gasteiger partial charge in [-0.2, -0.15) is 0 Å². The minimum Gasteiger partial charge on any atom is -0.460 e. The van der Waals surface area contributed by atoms with Crippen molar-refractivity contribution in [2.45, 2.75) is 51.0 Å². The third-order valence-corrected chi connectivity index (χ3v) is 8.14. The summed E-state index contributed by atoms with van der Waals surface area (Å²) in [6.07, 6.45) is 2.74. The normalized spacial score (nSPS) is 20.6. The molecule has 184 valence electrons. The van der Waals surface area contributed by atoms with Crippen molar-refractivity contribution in [2.24, 2.45) is 17.8 Å². The Bertz CT molecular complexity index is 1120. The highest BCUT2D eigenvalue weighted by molar-refractivity contribution is 14.1. The zero-order valence-corrected chi connectivity index (χ0v) is 22.5. The molecule has 3 atom stereocenters. The van der Waals surface area contributed by atoms with E-state index < -0.39 is 28.6 Å². The van der Waals surface area contributed by atoms with E-state index in [2.05, 4.69) is 48.1 Å². The van der Waals surface area contributed by atoms with Gasteiger partial charge in [-0.3, -0.25) is 4.72 Å². The lowest BCUT2D eigenvalue weighted by molar-refractivity contribution is -0.159. The van der Waals surface area contributed by atoms with Crippen molar-refractivity contribution < 1.29 is 27.5 Å². The van der Waals surface area contributed by atoms with Gasteiger partial charge in [0, 0.05) is 9.26 Å². The molecule has 0 heterocycles. The van der Waals surface area contributed by atoms with Gasteiger partial charge in [0.05, 0.1) is 10.5 Å². The van der Waals surface area contributed by atoms with Gasteiger partial charge in [-0.15, -0.1) is 0 Å². The predicted molar refractivity (Wildman–Crippen MR) is 138 cm³/mol. The summed E-state index contributed by atoms with van der Waals surface area (Å²) in [7, 11) is -3.90. The summed E-state index contributed by atoms with van der Waals surface area (Å²) in [5, 5.41) is 0. The molecule has 0 bridgehead atoms. The molecule has 1 saturated carbocycles. The molecule has 7 nitrogen and oxygen atoms in total. The van der Waals surface area contributed by atoms with Gasteiger partial charge in [0.25, 0.3) is 10.0 Å². The van der Waals surface area contributed by atoms with Crippen LogP contribution in [-0.2, 0) is 24.3 Å². The third kappa shape index (κ3) is 7.18. The van der Waals surface area contributed by atoms with Gasteiger partial charge < -0.3 is 9.47 Å². The molecule has 2 aromatic rings. The first kappa shape index (κ1) is 26.5. The Morgan fingerprint density at radius 1 is 1.12 bits per heavy atom. The van der Waals surface area contributed by atoms with E-state index in [-0.39, 0.29) is 16.6 Å². The molecule has 0 aromatic heterocycles. The second-order valence-corrected chi connectivity index (χ2v) is 12.0. The maximum absolute atomic E-state index is 12.7. The van der Waals surface area contributed by atoms with Gasteiger partial charge in [-0.25, -0.2) is 18.0 Å². The van der Waals surface area contributed by atoms with Crippen LogP contribution in [0.4, 0.5) is 5.69 Å². The van der Waals surface area contributed by atoms with Crippen LogP contribution in [0, 0.1) is 21.3 Å². The van der Waals surface area contributed by atoms with Gasteiger partial charge in [0.1, 0.15) is 6.10 Å². The van der Waals surface area contributed by atoms with E-state index in [9.17, 15) is 18.0 Å². The summed E-state index contributed by atoms with van der Waals surface area (Å²) < 4.78 is 39.7. The van der Waals surface area contributed by atoms with Crippen molar-refractivity contribution in [2.75, 3.05) is 11.3 Å². The summed E-state index contributed by atoms with van der Waals surface area (Å²) in [5.41, 5.74) is 0.442. The first-order valence-electron chi connectivity index (χ1n) is 11.3. The molecule has 2 aromatic carbocycles. The Kier molecular flexibility index (Phi) is 8.97. The van der Waals surface area contributed by atoms with E-state index in [4.69, 9.17) is 9.47 Å². The number of nitrogens with one attached hydrogen (secondary N) is 1. The lowest BCUT2D eigenvalue weighted by atomic mass is 9.75. The topological polar surface area (TPSA) is 98.8 Å². The number of anilines is 1. The molecule has 1 N–H and O–H groups in total. The Balaban J connectivity index is 1.60. The molecule has 0 saturated heterocycles. The first-order valence-corrected chi connectivity index (χ1v) is 13.9. The van der Waals surface area contributed by atoms with Crippen LogP contribution in [0.5, 0.6) is 0 Å². The summed E-state index contributed by atoms with van der Waals surface area (Å²) in [5.74, 6) is -0.222. The molecule has 0 radical (unpaired) electrons. The highest BCUT2D eigenvalue weighted by Gasteiger charge is 2.33. The van der Waals surface area contributed by atoms with Crippen molar-refractivity contribution in [1.82, 2.24) is 0 Å². The lowest BCUT2D eigenvalue weighted by Gasteiger charge is -2.36. The van der Waals surface area contributed by atoms with Crippen LogP contribution in [0.1, 0.15) is 50.4 Å². The van der Waals surface area contributed by atoms with Crippen LogP contribution in [0.15, 0.2) is 53.4 Å². The maximum Gasteiger partial charge on any atom is 0.344 e. The molecule has 1 aliphatic carbocycles. The summed E-state index contributed by atoms with van der Waals surface area (Å²) in [4.78, 5) is 24.8. The highest BCUT2D eigenvalue weighted by Crippen LogP contribution is 2.35. The number of sulfonamides is 1. The molecule has 0 spiro atoms.